The van der Waals surface area contributed by atoms with Crippen LogP contribution < -0.4 is 4.72 Å². The van der Waals surface area contributed by atoms with Crippen molar-refractivity contribution in [2.45, 2.75) is 4.90 Å². The molecular weight excluding hydrogens is 579 g/mol. The summed E-state index contributed by atoms with van der Waals surface area (Å²) in [6, 6.07) is 14.1. The zero-order valence-electron chi connectivity index (χ0n) is 18.1. The van der Waals surface area contributed by atoms with E-state index in [1.54, 1.807) is 34.2 Å². The highest BCUT2D eigenvalue weighted by Crippen LogP contribution is 2.34. The number of nitrogens with one attached hydrogen (secondary N) is 1. The van der Waals surface area contributed by atoms with Crippen molar-refractivity contribution in [1.29, 1.82) is 0 Å². The van der Waals surface area contributed by atoms with E-state index in [0.717, 1.165) is 0 Å². The third-order valence-electron chi connectivity index (χ3n) is 5.35. The van der Waals surface area contributed by atoms with Gasteiger partial charge in [-0.3, -0.25) is 19.3 Å². The highest BCUT2D eigenvalue weighted by atomic mass is 79.9. The highest BCUT2D eigenvalue weighted by Gasteiger charge is 2.26. The fraction of sp³-hybridized carbons (Fsp3) is 0.174. The number of piperazine rings is 1. The molecule has 0 aliphatic carbocycles. The Morgan fingerprint density at radius 1 is 0.886 bits per heavy atom. The molecule has 0 unspecified atom stereocenters. The second kappa shape index (κ2) is 10.5. The van der Waals surface area contributed by atoms with Crippen LogP contribution in [0.5, 0.6) is 0 Å². The molecule has 3 aromatic rings. The summed E-state index contributed by atoms with van der Waals surface area (Å²) in [5.74, 6) is -0.372. The first-order chi connectivity index (χ1) is 16.7. The van der Waals surface area contributed by atoms with Crippen LogP contribution in [0.3, 0.4) is 0 Å². The van der Waals surface area contributed by atoms with Crippen molar-refractivity contribution in [3.63, 3.8) is 0 Å². The predicted octanol–water partition coefficient (Wildman–Crippen LogP) is 4.55. The summed E-state index contributed by atoms with van der Waals surface area (Å²) in [5, 5.41) is -0.0475. The number of hydrogen-bond acceptors (Lipinski definition) is 5. The fourth-order valence-electron chi connectivity index (χ4n) is 3.62. The molecule has 0 radical (unpaired) electrons. The summed E-state index contributed by atoms with van der Waals surface area (Å²) < 4.78 is 28.6. The topological polar surface area (TPSA) is 99.7 Å². The zero-order chi connectivity index (χ0) is 25.2. The molecule has 2 amide bonds. The number of rotatable bonds is 5. The van der Waals surface area contributed by atoms with Crippen LogP contribution in [0.2, 0.25) is 10.0 Å². The maximum absolute atomic E-state index is 12.9. The lowest BCUT2D eigenvalue weighted by molar-refractivity contribution is 0.0532. The van der Waals surface area contributed by atoms with Gasteiger partial charge in [-0.1, -0.05) is 45.2 Å². The predicted molar refractivity (Wildman–Crippen MR) is 137 cm³/mol. The molecule has 1 aliphatic rings. The smallest absolute Gasteiger partial charge is 0.272 e. The number of benzene rings is 2. The molecule has 1 N–H and O–H groups in total. The number of amides is 2. The maximum atomic E-state index is 12.9. The lowest BCUT2D eigenvalue weighted by Crippen LogP contribution is -2.50. The maximum Gasteiger partial charge on any atom is 0.272 e. The monoisotopic (exact) mass is 596 g/mol. The summed E-state index contributed by atoms with van der Waals surface area (Å²) in [5.41, 5.74) is 1.02. The molecule has 8 nitrogen and oxygen atoms in total. The van der Waals surface area contributed by atoms with Crippen LogP contribution in [-0.2, 0) is 10.0 Å². The number of anilines is 1. The van der Waals surface area contributed by atoms with E-state index in [9.17, 15) is 18.0 Å². The quantitative estimate of drug-likeness (QED) is 0.465. The summed E-state index contributed by atoms with van der Waals surface area (Å²) in [6.45, 7) is 1.56. The van der Waals surface area contributed by atoms with Gasteiger partial charge in [0.25, 0.3) is 21.8 Å². The third-order valence-corrected chi connectivity index (χ3v) is 8.11. The molecule has 0 atom stereocenters. The van der Waals surface area contributed by atoms with E-state index in [1.807, 2.05) is 0 Å². The van der Waals surface area contributed by atoms with Crippen LogP contribution in [0.4, 0.5) is 5.69 Å². The van der Waals surface area contributed by atoms with Crippen molar-refractivity contribution in [1.82, 2.24) is 14.8 Å². The summed E-state index contributed by atoms with van der Waals surface area (Å²) >= 11 is 15.4. The first kappa shape index (κ1) is 25.4. The van der Waals surface area contributed by atoms with E-state index in [-0.39, 0.29) is 32.4 Å². The largest absolute Gasteiger partial charge is 0.335 e. The number of hydrogen-bond donors (Lipinski definition) is 1. The Balaban J connectivity index is 1.39. The molecular formula is C23H19BrCl2N4O4S. The van der Waals surface area contributed by atoms with Crippen LogP contribution in [0.1, 0.15) is 20.8 Å². The number of aromatic nitrogens is 1. The van der Waals surface area contributed by atoms with Gasteiger partial charge in [-0.15, -0.1) is 0 Å². The van der Waals surface area contributed by atoms with Crippen molar-refractivity contribution in [2.75, 3.05) is 30.9 Å². The molecule has 35 heavy (non-hydrogen) atoms. The summed E-state index contributed by atoms with van der Waals surface area (Å²) in [6.07, 6.45) is 1.57. The van der Waals surface area contributed by atoms with Crippen molar-refractivity contribution in [3.8, 4) is 0 Å². The lowest BCUT2D eigenvalue weighted by atomic mass is 10.1. The third kappa shape index (κ3) is 5.78. The van der Waals surface area contributed by atoms with Crippen LogP contribution in [0, 0.1) is 0 Å². The van der Waals surface area contributed by atoms with Crippen LogP contribution in [0.15, 0.2) is 70.2 Å². The molecule has 0 spiro atoms. The Labute approximate surface area is 221 Å². The van der Waals surface area contributed by atoms with Crippen molar-refractivity contribution in [2.24, 2.45) is 0 Å². The van der Waals surface area contributed by atoms with Gasteiger partial charge in [-0.25, -0.2) is 8.42 Å². The van der Waals surface area contributed by atoms with E-state index in [2.05, 4.69) is 25.6 Å². The average molecular weight is 598 g/mol. The number of halogens is 3. The van der Waals surface area contributed by atoms with E-state index >= 15 is 0 Å². The number of carbonyl (C=O) groups is 2. The number of pyridine rings is 1. The molecule has 1 aliphatic heterocycles. The van der Waals surface area contributed by atoms with Gasteiger partial charge < -0.3 is 9.80 Å². The molecule has 1 aromatic heterocycles. The normalized spacial score (nSPS) is 14.0. The van der Waals surface area contributed by atoms with Crippen LogP contribution in [0.25, 0.3) is 0 Å². The molecule has 1 saturated heterocycles. The first-order valence-electron chi connectivity index (χ1n) is 10.4. The highest BCUT2D eigenvalue weighted by molar-refractivity contribution is 9.10. The zero-order valence-corrected chi connectivity index (χ0v) is 22.0. The molecule has 12 heteroatoms. The summed E-state index contributed by atoms with van der Waals surface area (Å²) in [4.78, 5) is 32.6. The Bertz CT molecular complexity index is 1340. The van der Waals surface area contributed by atoms with Gasteiger partial charge >= 0.3 is 0 Å². The molecule has 4 rings (SSSR count). The second-order valence-corrected chi connectivity index (χ2v) is 11.0. The summed E-state index contributed by atoms with van der Waals surface area (Å²) in [7, 11) is -4.05. The number of sulfonamides is 1. The average Bonchev–Trinajstić information content (AvgIpc) is 2.83. The molecule has 0 bridgehead atoms. The molecule has 182 valence electrons. The second-order valence-electron chi connectivity index (χ2n) is 7.68. The number of carbonyl (C=O) groups excluding carboxylic acids is 2. The van der Waals surface area contributed by atoms with Crippen LogP contribution >= 0.6 is 39.1 Å². The van der Waals surface area contributed by atoms with Gasteiger partial charge in [-0.05, 0) is 48.5 Å². The van der Waals surface area contributed by atoms with Crippen LogP contribution in [-0.4, -0.2) is 61.2 Å². The van der Waals surface area contributed by atoms with E-state index < -0.39 is 10.0 Å². The van der Waals surface area contributed by atoms with Gasteiger partial charge in [0.2, 0.25) is 0 Å². The molecule has 2 aromatic carbocycles. The minimum absolute atomic E-state index is 0.0238. The SMILES string of the molecule is O=C(c1ccc(NS(=O)(=O)c2c(Cl)cc(Br)cc2Cl)cc1)N1CCN(C(=O)c2ccccn2)CC1. The standard InChI is InChI=1S/C23H19BrCl2N4O4S/c24-16-13-18(25)21(19(26)14-16)35(33,34)28-17-6-4-15(5-7-17)22(31)29-9-11-30(12-10-29)23(32)20-3-1-2-8-27-20/h1-8,13-14,28H,9-12H2. The minimum atomic E-state index is -4.05. The fourth-order valence-corrected chi connectivity index (χ4v) is 6.62. The Morgan fingerprint density at radius 3 is 2.00 bits per heavy atom. The lowest BCUT2D eigenvalue weighted by Gasteiger charge is -2.34. The van der Waals surface area contributed by atoms with Gasteiger partial charge in [0.05, 0.1) is 10.0 Å². The Morgan fingerprint density at radius 2 is 1.46 bits per heavy atom. The van der Waals surface area contributed by atoms with Crippen molar-refractivity contribution in [3.05, 3.63) is 86.6 Å². The molecule has 2 heterocycles. The van der Waals surface area contributed by atoms with Gasteiger partial charge in [0, 0.05) is 48.1 Å². The Hall–Kier alpha value is -2.66. The first-order valence-corrected chi connectivity index (χ1v) is 13.5. The van der Waals surface area contributed by atoms with Gasteiger partial charge in [-0.2, -0.15) is 0 Å². The van der Waals surface area contributed by atoms with Gasteiger partial charge in [0.1, 0.15) is 10.6 Å². The molecule has 1 fully saturated rings. The Kier molecular flexibility index (Phi) is 7.65. The van der Waals surface area contributed by atoms with E-state index in [1.165, 1.54) is 36.4 Å². The minimum Gasteiger partial charge on any atom is -0.335 e. The van der Waals surface area contributed by atoms with Crippen molar-refractivity contribution >= 4 is 66.7 Å². The van der Waals surface area contributed by atoms with Crippen molar-refractivity contribution < 1.29 is 18.0 Å². The van der Waals surface area contributed by atoms with E-state index in [4.69, 9.17) is 23.2 Å². The van der Waals surface area contributed by atoms with E-state index in [0.29, 0.717) is 41.9 Å². The van der Waals surface area contributed by atoms with Gasteiger partial charge in [0.15, 0.2) is 0 Å². The number of nitrogens with zero attached hydrogens (tertiary/aromatic N) is 3. The molecule has 0 saturated carbocycles.